The number of aromatic nitrogens is 2. The van der Waals surface area contributed by atoms with Gasteiger partial charge in [0.1, 0.15) is 0 Å². The van der Waals surface area contributed by atoms with Crippen LogP contribution < -0.4 is 5.43 Å². The van der Waals surface area contributed by atoms with Crippen LogP contribution in [0.1, 0.15) is 56.2 Å². The molecule has 1 amide bonds. The molecule has 1 aromatic heterocycles. The SMILES string of the molecule is Cc1nn(CCC#N)cc1/C=N/NC(=O)C12CC3CC(CC(C3)C1)C2. The van der Waals surface area contributed by atoms with Crippen LogP contribution in [0.25, 0.3) is 0 Å². The van der Waals surface area contributed by atoms with E-state index in [1.165, 1.54) is 19.3 Å². The van der Waals surface area contributed by atoms with Gasteiger partial charge in [-0.1, -0.05) is 0 Å². The van der Waals surface area contributed by atoms with Gasteiger partial charge < -0.3 is 0 Å². The van der Waals surface area contributed by atoms with Gasteiger partial charge in [0, 0.05) is 11.8 Å². The predicted octanol–water partition coefficient (Wildman–Crippen LogP) is 2.77. The van der Waals surface area contributed by atoms with Gasteiger partial charge in [0.05, 0.1) is 36.4 Å². The molecular formula is C19H25N5O. The van der Waals surface area contributed by atoms with Crippen LogP contribution in [0.4, 0.5) is 0 Å². The highest BCUT2D eigenvalue weighted by molar-refractivity contribution is 5.86. The number of hydrogen-bond donors (Lipinski definition) is 1. The Labute approximate surface area is 148 Å². The van der Waals surface area contributed by atoms with Crippen molar-refractivity contribution < 1.29 is 4.79 Å². The topological polar surface area (TPSA) is 83.1 Å². The van der Waals surface area contributed by atoms with Crippen LogP contribution in [0.2, 0.25) is 0 Å². The minimum atomic E-state index is -0.169. The number of nitrogens with zero attached hydrogens (tertiary/aromatic N) is 4. The molecule has 1 heterocycles. The van der Waals surface area contributed by atoms with Gasteiger partial charge in [0.2, 0.25) is 5.91 Å². The third-order valence-electron chi connectivity index (χ3n) is 6.33. The van der Waals surface area contributed by atoms with E-state index >= 15 is 0 Å². The van der Waals surface area contributed by atoms with Crippen LogP contribution in [-0.2, 0) is 11.3 Å². The molecule has 0 radical (unpaired) electrons. The van der Waals surface area contributed by atoms with E-state index in [0.29, 0.717) is 13.0 Å². The van der Waals surface area contributed by atoms with E-state index in [2.05, 4.69) is 21.7 Å². The molecule has 1 N–H and O–H groups in total. The second kappa shape index (κ2) is 6.29. The molecule has 0 unspecified atom stereocenters. The molecule has 0 saturated heterocycles. The van der Waals surface area contributed by atoms with Gasteiger partial charge in [-0.25, -0.2) is 5.43 Å². The summed E-state index contributed by atoms with van der Waals surface area (Å²) in [7, 11) is 0. The second-order valence-electron chi connectivity index (χ2n) is 8.24. The fourth-order valence-corrected chi connectivity index (χ4v) is 5.61. The first-order chi connectivity index (χ1) is 12.1. The number of carbonyl (C=O) groups is 1. The highest BCUT2D eigenvalue weighted by Crippen LogP contribution is 2.60. The minimum Gasteiger partial charge on any atom is -0.273 e. The number of aryl methyl sites for hydroxylation is 2. The average molecular weight is 339 g/mol. The standard InChI is InChI=1S/C19H25N5O/c1-13-17(12-24(23-13)4-2-3-20)11-21-22-18(25)19-8-14-5-15(9-19)7-16(6-14)10-19/h11-12,14-16H,2,4-10H2,1H3,(H,22,25)/b21-11+. The van der Waals surface area contributed by atoms with Crippen LogP contribution in [0.5, 0.6) is 0 Å². The maximum atomic E-state index is 12.8. The highest BCUT2D eigenvalue weighted by Gasteiger charge is 2.54. The Bertz CT molecular complexity index is 706. The maximum absolute atomic E-state index is 12.8. The van der Waals surface area contributed by atoms with E-state index in [-0.39, 0.29) is 11.3 Å². The third-order valence-corrected chi connectivity index (χ3v) is 6.33. The second-order valence-corrected chi connectivity index (χ2v) is 8.24. The summed E-state index contributed by atoms with van der Waals surface area (Å²) in [6.45, 7) is 2.48. The number of amides is 1. The molecule has 4 fully saturated rings. The largest absolute Gasteiger partial charge is 0.273 e. The lowest BCUT2D eigenvalue weighted by Gasteiger charge is -2.55. The van der Waals surface area contributed by atoms with E-state index in [1.54, 1.807) is 10.9 Å². The van der Waals surface area contributed by atoms with Crippen molar-refractivity contribution in [2.75, 3.05) is 0 Å². The summed E-state index contributed by atoms with van der Waals surface area (Å²) in [5.41, 5.74) is 4.37. The van der Waals surface area contributed by atoms with Crippen molar-refractivity contribution in [3.63, 3.8) is 0 Å². The predicted molar refractivity (Wildman–Crippen MR) is 93.5 cm³/mol. The van der Waals surface area contributed by atoms with Crippen molar-refractivity contribution in [2.45, 2.75) is 58.4 Å². The lowest BCUT2D eigenvalue weighted by Crippen LogP contribution is -2.52. The Morgan fingerprint density at radius 3 is 2.64 bits per heavy atom. The van der Waals surface area contributed by atoms with Gasteiger partial charge in [-0.2, -0.15) is 15.5 Å². The van der Waals surface area contributed by atoms with Gasteiger partial charge in [-0.05, 0) is 63.2 Å². The molecule has 5 rings (SSSR count). The minimum absolute atomic E-state index is 0.109. The van der Waals surface area contributed by atoms with Gasteiger partial charge in [-0.3, -0.25) is 9.48 Å². The molecule has 0 aliphatic heterocycles. The van der Waals surface area contributed by atoms with Crippen LogP contribution in [0.3, 0.4) is 0 Å². The Hall–Kier alpha value is -2.16. The Balaban J connectivity index is 1.40. The molecule has 4 aliphatic carbocycles. The number of hydrogen-bond acceptors (Lipinski definition) is 4. The zero-order valence-corrected chi connectivity index (χ0v) is 14.7. The number of hydrazone groups is 1. The lowest BCUT2D eigenvalue weighted by atomic mass is 9.49. The Kier molecular flexibility index (Phi) is 4.10. The van der Waals surface area contributed by atoms with E-state index < -0.39 is 0 Å². The number of nitriles is 1. The van der Waals surface area contributed by atoms with Crippen LogP contribution in [-0.4, -0.2) is 21.9 Å². The summed E-state index contributed by atoms with van der Waals surface area (Å²) < 4.78 is 1.75. The molecule has 0 atom stereocenters. The van der Waals surface area contributed by atoms with E-state index in [1.807, 2.05) is 13.1 Å². The number of carbonyl (C=O) groups excluding carboxylic acids is 1. The molecule has 132 valence electrons. The molecular weight excluding hydrogens is 314 g/mol. The molecule has 4 aliphatic rings. The monoisotopic (exact) mass is 339 g/mol. The molecule has 1 aromatic rings. The van der Waals surface area contributed by atoms with E-state index in [4.69, 9.17) is 5.26 Å². The summed E-state index contributed by atoms with van der Waals surface area (Å²) in [4.78, 5) is 12.8. The van der Waals surface area contributed by atoms with E-state index in [9.17, 15) is 4.79 Å². The molecule has 6 heteroatoms. The summed E-state index contributed by atoms with van der Waals surface area (Å²) in [5.74, 6) is 2.36. The molecule has 25 heavy (non-hydrogen) atoms. The van der Waals surface area contributed by atoms with Crippen molar-refractivity contribution in [1.82, 2.24) is 15.2 Å². The van der Waals surface area contributed by atoms with Crippen LogP contribution in [0.15, 0.2) is 11.3 Å². The summed E-state index contributed by atoms with van der Waals surface area (Å²) in [6, 6.07) is 2.11. The van der Waals surface area contributed by atoms with Crippen molar-refractivity contribution >= 4 is 12.1 Å². The number of rotatable bonds is 5. The van der Waals surface area contributed by atoms with Crippen molar-refractivity contribution in [3.05, 3.63) is 17.5 Å². The van der Waals surface area contributed by atoms with Gasteiger partial charge in [0.25, 0.3) is 0 Å². The van der Waals surface area contributed by atoms with Gasteiger partial charge in [-0.15, -0.1) is 0 Å². The molecule has 0 spiro atoms. The maximum Gasteiger partial charge on any atom is 0.246 e. The average Bonchev–Trinajstić information content (AvgIpc) is 2.91. The van der Waals surface area contributed by atoms with Crippen LogP contribution in [0, 0.1) is 41.4 Å². The summed E-state index contributed by atoms with van der Waals surface area (Å²) >= 11 is 0. The first kappa shape index (κ1) is 16.3. The third kappa shape index (κ3) is 3.08. The summed E-state index contributed by atoms with van der Waals surface area (Å²) in [6.07, 6.45) is 11.1. The molecule has 4 bridgehead atoms. The highest BCUT2D eigenvalue weighted by atomic mass is 16.2. The zero-order chi connectivity index (χ0) is 17.4. The fourth-order valence-electron chi connectivity index (χ4n) is 5.61. The lowest BCUT2D eigenvalue weighted by molar-refractivity contribution is -0.146. The molecule has 0 aromatic carbocycles. The summed E-state index contributed by atoms with van der Waals surface area (Å²) in [5, 5.41) is 17.2. The van der Waals surface area contributed by atoms with Crippen molar-refractivity contribution in [2.24, 2.45) is 28.3 Å². The Morgan fingerprint density at radius 2 is 2.04 bits per heavy atom. The zero-order valence-electron chi connectivity index (χ0n) is 14.7. The fraction of sp³-hybridized carbons (Fsp3) is 0.684. The smallest absolute Gasteiger partial charge is 0.246 e. The molecule has 6 nitrogen and oxygen atoms in total. The Morgan fingerprint density at radius 1 is 1.40 bits per heavy atom. The van der Waals surface area contributed by atoms with Crippen molar-refractivity contribution in [1.29, 1.82) is 5.26 Å². The first-order valence-electron chi connectivity index (χ1n) is 9.32. The van der Waals surface area contributed by atoms with Gasteiger partial charge in [0.15, 0.2) is 0 Å². The van der Waals surface area contributed by atoms with Gasteiger partial charge >= 0.3 is 0 Å². The number of nitrogens with one attached hydrogen (secondary N) is 1. The normalized spacial score (nSPS) is 32.9. The quantitative estimate of drug-likeness (QED) is 0.661. The first-order valence-corrected chi connectivity index (χ1v) is 9.32. The van der Waals surface area contributed by atoms with E-state index in [0.717, 1.165) is 48.3 Å². The van der Waals surface area contributed by atoms with Crippen LogP contribution >= 0.6 is 0 Å². The molecule has 4 saturated carbocycles. The van der Waals surface area contributed by atoms with Crippen molar-refractivity contribution in [3.8, 4) is 6.07 Å².